The summed E-state index contributed by atoms with van der Waals surface area (Å²) in [6.07, 6.45) is 1.12. The van der Waals surface area contributed by atoms with Gasteiger partial charge in [-0.3, -0.25) is 9.59 Å². The molecule has 1 aliphatic heterocycles. The Morgan fingerprint density at radius 3 is 2.46 bits per heavy atom. The van der Waals surface area contributed by atoms with Crippen LogP contribution in [0.25, 0.3) is 0 Å². The highest BCUT2D eigenvalue weighted by molar-refractivity contribution is 5.96. The Morgan fingerprint density at radius 1 is 1.46 bits per heavy atom. The van der Waals surface area contributed by atoms with E-state index in [1.165, 1.54) is 0 Å². The summed E-state index contributed by atoms with van der Waals surface area (Å²) in [4.78, 5) is 22.0. The summed E-state index contributed by atoms with van der Waals surface area (Å²) in [5.41, 5.74) is 2.15. The van der Waals surface area contributed by atoms with Gasteiger partial charge in [0.05, 0.1) is 12.3 Å². The molecule has 1 aliphatic rings. The highest BCUT2D eigenvalue weighted by atomic mass is 16.6. The molecule has 1 heterocycles. The molecule has 1 fully saturated rings. The number of allylic oxidation sites excluding steroid dienone is 1. The minimum Gasteiger partial charge on any atom is -0.393 e. The van der Waals surface area contributed by atoms with Crippen molar-refractivity contribution >= 4 is 11.9 Å². The van der Waals surface area contributed by atoms with Crippen LogP contribution in [-0.2, 0) is 14.3 Å². The van der Waals surface area contributed by atoms with Crippen LogP contribution in [-0.4, -0.2) is 11.9 Å². The average molecular weight is 182 g/mol. The monoisotopic (exact) mass is 182 g/mol. The van der Waals surface area contributed by atoms with Gasteiger partial charge in [-0.05, 0) is 20.3 Å². The second kappa shape index (κ2) is 3.73. The van der Waals surface area contributed by atoms with E-state index in [1.54, 1.807) is 0 Å². The number of carbonyl (C=O) groups excluding carboxylic acids is 2. The average Bonchev–Trinajstić information content (AvgIpc) is 2.42. The molecule has 0 aromatic carbocycles. The maximum Gasteiger partial charge on any atom is 0.321 e. The molecule has 1 rings (SSSR count). The topological polar surface area (TPSA) is 43.4 Å². The van der Waals surface area contributed by atoms with Gasteiger partial charge in [-0.2, -0.15) is 0 Å². The summed E-state index contributed by atoms with van der Waals surface area (Å²) in [6.45, 7) is 5.90. The largest absolute Gasteiger partial charge is 0.393 e. The maximum absolute atomic E-state index is 11.2. The summed E-state index contributed by atoms with van der Waals surface area (Å²) < 4.78 is 4.48. The van der Waals surface area contributed by atoms with E-state index < -0.39 is 11.9 Å². The van der Waals surface area contributed by atoms with E-state index in [4.69, 9.17) is 0 Å². The third-order valence-electron chi connectivity index (χ3n) is 2.60. The van der Waals surface area contributed by atoms with Crippen LogP contribution in [0, 0.1) is 5.92 Å². The molecule has 1 atom stereocenters. The Balaban J connectivity index is 2.84. The summed E-state index contributed by atoms with van der Waals surface area (Å²) in [5.74, 6) is -1.12. The predicted octanol–water partition coefficient (Wildman–Crippen LogP) is 1.82. The fraction of sp³-hybridized carbons (Fsp3) is 0.600. The van der Waals surface area contributed by atoms with Crippen molar-refractivity contribution in [3.05, 3.63) is 11.1 Å². The van der Waals surface area contributed by atoms with Crippen molar-refractivity contribution in [3.8, 4) is 0 Å². The van der Waals surface area contributed by atoms with Gasteiger partial charge < -0.3 is 4.74 Å². The Kier molecular flexibility index (Phi) is 2.86. The number of carbonyl (C=O) groups is 2. The second-order valence-corrected chi connectivity index (χ2v) is 3.37. The van der Waals surface area contributed by atoms with Gasteiger partial charge in [-0.25, -0.2) is 0 Å². The quantitative estimate of drug-likeness (QED) is 0.371. The van der Waals surface area contributed by atoms with Crippen LogP contribution in [0.15, 0.2) is 11.1 Å². The molecular formula is C10H14O3. The first kappa shape index (κ1) is 9.96. The molecule has 0 aromatic heterocycles. The molecular weight excluding hydrogens is 168 g/mol. The minimum absolute atomic E-state index is 0.210. The standard InChI is InChI=1S/C10H14O3/c1-4-6(2)7(3)8-5-9(11)13-10(8)12/h8H,4-5H2,1-3H3. The summed E-state index contributed by atoms with van der Waals surface area (Å²) >= 11 is 0. The molecule has 0 aliphatic carbocycles. The molecule has 3 heteroatoms. The van der Waals surface area contributed by atoms with Gasteiger partial charge in [0.15, 0.2) is 0 Å². The molecule has 0 radical (unpaired) electrons. The van der Waals surface area contributed by atoms with Gasteiger partial charge in [0.1, 0.15) is 0 Å². The molecule has 0 bridgehead atoms. The summed E-state index contributed by atoms with van der Waals surface area (Å²) in [7, 11) is 0. The first-order valence-corrected chi connectivity index (χ1v) is 4.47. The third kappa shape index (κ3) is 1.97. The molecule has 13 heavy (non-hydrogen) atoms. The summed E-state index contributed by atoms with van der Waals surface area (Å²) in [5, 5.41) is 0. The molecule has 1 unspecified atom stereocenters. The summed E-state index contributed by atoms with van der Waals surface area (Å²) in [6, 6.07) is 0. The Bertz CT molecular complexity index is 276. The molecule has 72 valence electrons. The van der Waals surface area contributed by atoms with Gasteiger partial charge in [-0.15, -0.1) is 0 Å². The maximum atomic E-state index is 11.2. The Labute approximate surface area is 77.8 Å². The third-order valence-corrected chi connectivity index (χ3v) is 2.60. The lowest BCUT2D eigenvalue weighted by atomic mass is 9.94. The molecule has 0 N–H and O–H groups in total. The van der Waals surface area contributed by atoms with Gasteiger partial charge >= 0.3 is 11.9 Å². The van der Waals surface area contributed by atoms with Crippen LogP contribution < -0.4 is 0 Å². The van der Waals surface area contributed by atoms with Gasteiger partial charge in [-0.1, -0.05) is 18.1 Å². The van der Waals surface area contributed by atoms with E-state index in [0.717, 1.165) is 17.6 Å². The van der Waals surface area contributed by atoms with Gasteiger partial charge in [0.2, 0.25) is 0 Å². The lowest BCUT2D eigenvalue weighted by Gasteiger charge is -2.08. The molecule has 1 saturated heterocycles. The second-order valence-electron chi connectivity index (χ2n) is 3.37. The first-order valence-electron chi connectivity index (χ1n) is 4.47. The van der Waals surface area contributed by atoms with Gasteiger partial charge in [0, 0.05) is 0 Å². The lowest BCUT2D eigenvalue weighted by Crippen LogP contribution is -2.09. The van der Waals surface area contributed by atoms with E-state index in [0.29, 0.717) is 0 Å². The number of hydrogen-bond donors (Lipinski definition) is 0. The lowest BCUT2D eigenvalue weighted by molar-refractivity contribution is -0.152. The van der Waals surface area contributed by atoms with Crippen molar-refractivity contribution in [2.75, 3.05) is 0 Å². The zero-order valence-electron chi connectivity index (χ0n) is 8.22. The normalized spacial score (nSPS) is 24.4. The van der Waals surface area contributed by atoms with Crippen LogP contribution in [0.1, 0.15) is 33.6 Å². The van der Waals surface area contributed by atoms with Gasteiger partial charge in [0.25, 0.3) is 0 Å². The van der Waals surface area contributed by atoms with E-state index >= 15 is 0 Å². The number of hydrogen-bond acceptors (Lipinski definition) is 3. The van der Waals surface area contributed by atoms with E-state index in [1.807, 2.05) is 20.8 Å². The SMILES string of the molecule is CCC(C)=C(C)C1CC(=O)OC1=O. The smallest absolute Gasteiger partial charge is 0.321 e. The van der Waals surface area contributed by atoms with Crippen molar-refractivity contribution in [2.45, 2.75) is 33.6 Å². The van der Waals surface area contributed by atoms with E-state index in [9.17, 15) is 9.59 Å². The van der Waals surface area contributed by atoms with Crippen LogP contribution >= 0.6 is 0 Å². The molecule has 0 saturated carbocycles. The van der Waals surface area contributed by atoms with Crippen LogP contribution in [0.5, 0.6) is 0 Å². The Hall–Kier alpha value is -1.12. The number of ether oxygens (including phenoxy) is 1. The highest BCUT2D eigenvalue weighted by Gasteiger charge is 2.34. The van der Waals surface area contributed by atoms with Crippen LogP contribution in [0.3, 0.4) is 0 Å². The van der Waals surface area contributed by atoms with E-state index in [2.05, 4.69) is 4.74 Å². The van der Waals surface area contributed by atoms with Crippen LogP contribution in [0.2, 0.25) is 0 Å². The number of rotatable bonds is 2. The fourth-order valence-corrected chi connectivity index (χ4v) is 1.38. The van der Waals surface area contributed by atoms with Crippen molar-refractivity contribution in [1.82, 2.24) is 0 Å². The zero-order valence-corrected chi connectivity index (χ0v) is 8.22. The van der Waals surface area contributed by atoms with Crippen LogP contribution in [0.4, 0.5) is 0 Å². The molecule has 0 spiro atoms. The minimum atomic E-state index is -0.404. The Morgan fingerprint density at radius 2 is 2.08 bits per heavy atom. The number of cyclic esters (lactones) is 2. The van der Waals surface area contributed by atoms with Crippen molar-refractivity contribution in [1.29, 1.82) is 0 Å². The molecule has 0 aromatic rings. The van der Waals surface area contributed by atoms with Crippen molar-refractivity contribution in [3.63, 3.8) is 0 Å². The van der Waals surface area contributed by atoms with E-state index in [-0.39, 0.29) is 12.3 Å². The molecule has 0 amide bonds. The van der Waals surface area contributed by atoms with Crippen molar-refractivity contribution in [2.24, 2.45) is 5.92 Å². The highest BCUT2D eigenvalue weighted by Crippen LogP contribution is 2.26. The zero-order chi connectivity index (χ0) is 10.0. The molecule has 3 nitrogen and oxygen atoms in total. The number of esters is 2. The first-order chi connectivity index (χ1) is 6.06. The predicted molar refractivity (Wildman–Crippen MR) is 47.9 cm³/mol. The van der Waals surface area contributed by atoms with Crippen molar-refractivity contribution < 1.29 is 14.3 Å². The fourth-order valence-electron chi connectivity index (χ4n) is 1.38.